The summed E-state index contributed by atoms with van der Waals surface area (Å²) in [6, 6.07) is 1.93. The van der Waals surface area contributed by atoms with Crippen LogP contribution in [0.3, 0.4) is 0 Å². The van der Waals surface area contributed by atoms with Gasteiger partial charge in [0, 0.05) is 6.07 Å². The van der Waals surface area contributed by atoms with Gasteiger partial charge < -0.3 is 0 Å². The fourth-order valence-electron chi connectivity index (χ4n) is 1.35. The fraction of sp³-hybridized carbons (Fsp3) is 0.333. The lowest BCUT2D eigenvalue weighted by Crippen LogP contribution is -2.11. The Morgan fingerprint density at radius 2 is 2.00 bits per heavy atom. The van der Waals surface area contributed by atoms with Crippen LogP contribution in [0.4, 0.5) is 18.9 Å². The molecule has 0 aliphatic rings. The molecule has 0 heterocycles. The SMILES string of the molecule is Cc1cc([N+](=O)[O-])c(CCl)c(C(F)(F)F)c1. The summed E-state index contributed by atoms with van der Waals surface area (Å²) in [5.74, 6) is -0.550. The molecular weight excluding hydrogens is 247 g/mol. The number of hydrogen-bond acceptors (Lipinski definition) is 2. The van der Waals surface area contributed by atoms with Crippen LogP contribution in [0.5, 0.6) is 0 Å². The number of nitrogens with zero attached hydrogens (tertiary/aromatic N) is 1. The van der Waals surface area contributed by atoms with Crippen molar-refractivity contribution in [1.29, 1.82) is 0 Å². The van der Waals surface area contributed by atoms with E-state index in [0.29, 0.717) is 0 Å². The fourth-order valence-corrected chi connectivity index (χ4v) is 1.63. The number of halogens is 4. The van der Waals surface area contributed by atoms with Crippen molar-refractivity contribution in [3.05, 3.63) is 38.9 Å². The van der Waals surface area contributed by atoms with Crippen molar-refractivity contribution in [2.75, 3.05) is 0 Å². The summed E-state index contributed by atoms with van der Waals surface area (Å²) >= 11 is 5.34. The highest BCUT2D eigenvalue weighted by Gasteiger charge is 2.36. The average molecular weight is 254 g/mol. The molecule has 1 aromatic carbocycles. The lowest BCUT2D eigenvalue weighted by Gasteiger charge is -2.12. The number of alkyl halides is 4. The monoisotopic (exact) mass is 253 g/mol. The highest BCUT2D eigenvalue weighted by Crippen LogP contribution is 2.37. The number of benzene rings is 1. The third kappa shape index (κ3) is 2.44. The minimum absolute atomic E-state index is 0.174. The summed E-state index contributed by atoms with van der Waals surface area (Å²) in [4.78, 5) is 9.73. The molecule has 0 amide bonds. The summed E-state index contributed by atoms with van der Waals surface area (Å²) in [5, 5.41) is 10.6. The number of hydrogen-bond donors (Lipinski definition) is 0. The van der Waals surface area contributed by atoms with Crippen LogP contribution in [0.15, 0.2) is 12.1 Å². The van der Waals surface area contributed by atoms with Crippen LogP contribution >= 0.6 is 11.6 Å². The van der Waals surface area contributed by atoms with E-state index < -0.39 is 33.8 Å². The minimum Gasteiger partial charge on any atom is -0.258 e. The van der Waals surface area contributed by atoms with Gasteiger partial charge in [-0.2, -0.15) is 13.2 Å². The lowest BCUT2D eigenvalue weighted by atomic mass is 10.0. The van der Waals surface area contributed by atoms with Crippen LogP contribution in [0.1, 0.15) is 16.7 Å². The normalized spacial score (nSPS) is 11.6. The van der Waals surface area contributed by atoms with E-state index in [9.17, 15) is 23.3 Å². The first-order valence-electron chi connectivity index (χ1n) is 4.18. The third-order valence-electron chi connectivity index (χ3n) is 2.01. The first-order valence-corrected chi connectivity index (χ1v) is 4.72. The van der Waals surface area contributed by atoms with Gasteiger partial charge in [0.25, 0.3) is 5.69 Å². The van der Waals surface area contributed by atoms with Gasteiger partial charge in [-0.25, -0.2) is 0 Å². The maximum Gasteiger partial charge on any atom is 0.416 e. The van der Waals surface area contributed by atoms with E-state index in [2.05, 4.69) is 0 Å². The molecule has 7 heteroatoms. The lowest BCUT2D eigenvalue weighted by molar-refractivity contribution is -0.385. The average Bonchev–Trinajstić information content (AvgIpc) is 2.14. The largest absolute Gasteiger partial charge is 0.416 e. The van der Waals surface area contributed by atoms with Gasteiger partial charge in [0.15, 0.2) is 0 Å². The predicted molar refractivity (Wildman–Crippen MR) is 52.4 cm³/mol. The highest BCUT2D eigenvalue weighted by atomic mass is 35.5. The van der Waals surface area contributed by atoms with Crippen molar-refractivity contribution in [2.24, 2.45) is 0 Å². The standard InChI is InChI=1S/C9H7ClF3NO2/c1-5-2-7(9(11,12)13)6(4-10)8(3-5)14(15)16/h2-3H,4H2,1H3. The molecule has 1 rings (SSSR count). The smallest absolute Gasteiger partial charge is 0.258 e. The van der Waals surface area contributed by atoms with Gasteiger partial charge in [0.1, 0.15) is 0 Å². The molecule has 0 unspecified atom stereocenters. The van der Waals surface area contributed by atoms with Crippen LogP contribution in [0.25, 0.3) is 0 Å². The van der Waals surface area contributed by atoms with Crippen molar-refractivity contribution in [3.8, 4) is 0 Å². The summed E-state index contributed by atoms with van der Waals surface area (Å²) in [5.41, 5.74) is -1.96. The number of rotatable bonds is 2. The summed E-state index contributed by atoms with van der Waals surface area (Å²) < 4.78 is 37.7. The molecule has 0 N–H and O–H groups in total. The maximum absolute atomic E-state index is 12.6. The van der Waals surface area contributed by atoms with Gasteiger partial charge in [-0.1, -0.05) is 0 Å². The zero-order chi connectivity index (χ0) is 12.5. The number of aryl methyl sites for hydroxylation is 1. The predicted octanol–water partition coefficient (Wildman–Crippen LogP) is 3.66. The van der Waals surface area contributed by atoms with Crippen LogP contribution in [-0.2, 0) is 12.1 Å². The molecule has 0 saturated heterocycles. The van der Waals surface area contributed by atoms with Crippen molar-refractivity contribution < 1.29 is 18.1 Å². The van der Waals surface area contributed by atoms with Gasteiger partial charge in [-0.15, -0.1) is 11.6 Å². The second kappa shape index (κ2) is 4.29. The van der Waals surface area contributed by atoms with E-state index in [-0.39, 0.29) is 5.56 Å². The molecular formula is C9H7ClF3NO2. The summed E-state index contributed by atoms with van der Waals surface area (Å²) in [7, 11) is 0. The maximum atomic E-state index is 12.6. The van der Waals surface area contributed by atoms with Crippen molar-refractivity contribution in [2.45, 2.75) is 19.0 Å². The Morgan fingerprint density at radius 1 is 1.44 bits per heavy atom. The molecule has 0 bridgehead atoms. The van der Waals surface area contributed by atoms with E-state index in [1.54, 1.807) is 0 Å². The first kappa shape index (κ1) is 12.8. The Balaban J connectivity index is 3.55. The second-order valence-corrected chi connectivity index (χ2v) is 3.47. The first-order chi connectivity index (χ1) is 7.27. The van der Waals surface area contributed by atoms with Gasteiger partial charge in [-0.05, 0) is 18.6 Å². The quantitative estimate of drug-likeness (QED) is 0.459. The van der Waals surface area contributed by atoms with Crippen LogP contribution in [0, 0.1) is 17.0 Å². The Hall–Kier alpha value is -1.30. The van der Waals surface area contributed by atoms with Gasteiger partial charge in [0.2, 0.25) is 0 Å². The second-order valence-electron chi connectivity index (χ2n) is 3.20. The molecule has 0 saturated carbocycles. The van der Waals surface area contributed by atoms with Crippen molar-refractivity contribution >= 4 is 17.3 Å². The zero-order valence-electron chi connectivity index (χ0n) is 8.14. The Bertz CT molecular complexity index is 431. The molecule has 16 heavy (non-hydrogen) atoms. The van der Waals surface area contributed by atoms with Crippen LogP contribution < -0.4 is 0 Å². The Morgan fingerprint density at radius 3 is 2.38 bits per heavy atom. The Kier molecular flexibility index (Phi) is 3.42. The molecule has 0 fully saturated rings. The molecule has 3 nitrogen and oxygen atoms in total. The van der Waals surface area contributed by atoms with E-state index in [4.69, 9.17) is 11.6 Å². The molecule has 0 aliphatic carbocycles. The van der Waals surface area contributed by atoms with Crippen LogP contribution in [-0.4, -0.2) is 4.92 Å². The highest BCUT2D eigenvalue weighted by molar-refractivity contribution is 6.17. The topological polar surface area (TPSA) is 43.1 Å². The van der Waals surface area contributed by atoms with Gasteiger partial charge in [0.05, 0.1) is 21.9 Å². The molecule has 1 aromatic rings. The summed E-state index contributed by atoms with van der Waals surface area (Å²) in [6.07, 6.45) is -4.64. The van der Waals surface area contributed by atoms with E-state index in [1.807, 2.05) is 0 Å². The van der Waals surface area contributed by atoms with Crippen molar-refractivity contribution in [1.82, 2.24) is 0 Å². The Labute approximate surface area is 94.0 Å². The van der Waals surface area contributed by atoms with Gasteiger partial charge in [-0.3, -0.25) is 10.1 Å². The molecule has 0 aromatic heterocycles. The molecule has 88 valence electrons. The number of nitro groups is 1. The van der Waals surface area contributed by atoms with Crippen molar-refractivity contribution in [3.63, 3.8) is 0 Å². The van der Waals surface area contributed by atoms with E-state index in [0.717, 1.165) is 12.1 Å². The minimum atomic E-state index is -4.64. The zero-order valence-corrected chi connectivity index (χ0v) is 8.89. The summed E-state index contributed by atoms with van der Waals surface area (Å²) in [6.45, 7) is 1.36. The molecule has 0 aliphatic heterocycles. The van der Waals surface area contributed by atoms with E-state index >= 15 is 0 Å². The van der Waals surface area contributed by atoms with Gasteiger partial charge >= 0.3 is 6.18 Å². The number of nitro benzene ring substituents is 1. The molecule has 0 atom stereocenters. The molecule has 0 spiro atoms. The molecule has 0 radical (unpaired) electrons. The van der Waals surface area contributed by atoms with E-state index in [1.165, 1.54) is 6.92 Å². The van der Waals surface area contributed by atoms with Crippen LogP contribution in [0.2, 0.25) is 0 Å². The third-order valence-corrected chi connectivity index (χ3v) is 2.27.